The monoisotopic (exact) mass is 409 g/mol. The Hall–Kier alpha value is -3.06. The number of aromatic hydroxyl groups is 1. The number of phenols is 1. The molecule has 4 rings (SSSR count). The number of amides is 2. The summed E-state index contributed by atoms with van der Waals surface area (Å²) in [5.74, 6) is 0.674. The van der Waals surface area contributed by atoms with E-state index in [-0.39, 0.29) is 24.0 Å². The third kappa shape index (κ3) is 4.11. The van der Waals surface area contributed by atoms with E-state index in [1.54, 1.807) is 36.4 Å². The molecular formula is C23H27N3O4. The fourth-order valence-electron chi connectivity index (χ4n) is 4.04. The number of carbonyl (C=O) groups is 2. The molecular weight excluding hydrogens is 382 g/mol. The van der Waals surface area contributed by atoms with Gasteiger partial charge in [-0.3, -0.25) is 14.5 Å². The molecule has 0 aliphatic carbocycles. The van der Waals surface area contributed by atoms with Gasteiger partial charge in [0.2, 0.25) is 5.91 Å². The summed E-state index contributed by atoms with van der Waals surface area (Å²) in [6, 6.07) is 13.9. The fourth-order valence-corrected chi connectivity index (χ4v) is 4.04. The Bertz CT molecular complexity index is 890. The van der Waals surface area contributed by atoms with Gasteiger partial charge >= 0.3 is 0 Å². The average Bonchev–Trinajstić information content (AvgIpc) is 3.07. The van der Waals surface area contributed by atoms with Crippen LogP contribution in [0.15, 0.2) is 48.5 Å². The van der Waals surface area contributed by atoms with Gasteiger partial charge in [0.05, 0.1) is 24.8 Å². The summed E-state index contributed by atoms with van der Waals surface area (Å²) in [4.78, 5) is 31.3. The Morgan fingerprint density at radius 1 is 0.933 bits per heavy atom. The number of rotatable bonds is 6. The lowest BCUT2D eigenvalue weighted by molar-refractivity contribution is -0.123. The maximum Gasteiger partial charge on any atom is 0.251 e. The van der Waals surface area contributed by atoms with Crippen LogP contribution < -0.4 is 14.5 Å². The van der Waals surface area contributed by atoms with Crippen molar-refractivity contribution in [1.29, 1.82) is 0 Å². The summed E-state index contributed by atoms with van der Waals surface area (Å²) in [5, 5.41) is 9.46. The highest BCUT2D eigenvalue weighted by molar-refractivity contribution is 6.22. The first kappa shape index (κ1) is 20.2. The molecule has 7 nitrogen and oxygen atoms in total. The molecule has 2 saturated heterocycles. The molecule has 2 aliphatic heterocycles. The van der Waals surface area contributed by atoms with Crippen molar-refractivity contribution in [2.45, 2.75) is 25.8 Å². The number of nitrogens with zero attached hydrogens (tertiary/aromatic N) is 3. The Morgan fingerprint density at radius 2 is 1.57 bits per heavy atom. The van der Waals surface area contributed by atoms with Crippen LogP contribution in [0.2, 0.25) is 0 Å². The predicted octanol–water partition coefficient (Wildman–Crippen LogP) is 2.64. The minimum Gasteiger partial charge on any atom is -0.508 e. The highest BCUT2D eigenvalue weighted by Gasteiger charge is 2.43. The quantitative estimate of drug-likeness (QED) is 0.740. The molecule has 1 atom stereocenters. The van der Waals surface area contributed by atoms with E-state index >= 15 is 0 Å². The second kappa shape index (κ2) is 8.75. The average molecular weight is 409 g/mol. The molecule has 0 bridgehead atoms. The van der Waals surface area contributed by atoms with Crippen molar-refractivity contribution in [2.24, 2.45) is 0 Å². The van der Waals surface area contributed by atoms with Crippen LogP contribution in [0, 0.1) is 0 Å². The number of carbonyl (C=O) groups excluding carboxylic acids is 2. The van der Waals surface area contributed by atoms with E-state index in [1.807, 2.05) is 19.1 Å². The number of hydrogen-bond donors (Lipinski definition) is 1. The second-order valence-electron chi connectivity index (χ2n) is 7.67. The Morgan fingerprint density at radius 3 is 2.20 bits per heavy atom. The van der Waals surface area contributed by atoms with Gasteiger partial charge in [0.1, 0.15) is 11.5 Å². The topological polar surface area (TPSA) is 73.3 Å². The zero-order chi connectivity index (χ0) is 21.1. The van der Waals surface area contributed by atoms with Gasteiger partial charge in [-0.2, -0.15) is 0 Å². The highest BCUT2D eigenvalue weighted by Crippen LogP contribution is 2.28. The molecule has 2 aromatic rings. The molecule has 2 amide bonds. The molecule has 2 heterocycles. The van der Waals surface area contributed by atoms with Crippen LogP contribution in [0.3, 0.4) is 0 Å². The van der Waals surface area contributed by atoms with Crippen molar-refractivity contribution in [3.63, 3.8) is 0 Å². The third-order valence-electron chi connectivity index (χ3n) is 5.66. The van der Waals surface area contributed by atoms with E-state index in [9.17, 15) is 14.7 Å². The van der Waals surface area contributed by atoms with E-state index in [0.29, 0.717) is 25.4 Å². The smallest absolute Gasteiger partial charge is 0.251 e. The second-order valence-corrected chi connectivity index (χ2v) is 7.67. The molecule has 7 heteroatoms. The Labute approximate surface area is 176 Å². The van der Waals surface area contributed by atoms with Crippen LogP contribution >= 0.6 is 0 Å². The van der Waals surface area contributed by atoms with Crippen LogP contribution in [0.25, 0.3) is 0 Å². The predicted molar refractivity (Wildman–Crippen MR) is 115 cm³/mol. The molecule has 30 heavy (non-hydrogen) atoms. The van der Waals surface area contributed by atoms with Crippen LogP contribution in [0.4, 0.5) is 11.4 Å². The summed E-state index contributed by atoms with van der Waals surface area (Å²) >= 11 is 0. The number of benzene rings is 2. The molecule has 2 fully saturated rings. The van der Waals surface area contributed by atoms with Gasteiger partial charge in [0, 0.05) is 31.9 Å². The van der Waals surface area contributed by atoms with Crippen LogP contribution in [-0.2, 0) is 9.59 Å². The van der Waals surface area contributed by atoms with Gasteiger partial charge in [-0.1, -0.05) is 6.92 Å². The fraction of sp³-hybridized carbons (Fsp3) is 0.391. The largest absolute Gasteiger partial charge is 0.508 e. The summed E-state index contributed by atoms with van der Waals surface area (Å²) < 4.78 is 5.58. The number of anilines is 2. The van der Waals surface area contributed by atoms with Gasteiger partial charge in [-0.15, -0.1) is 0 Å². The van der Waals surface area contributed by atoms with Gasteiger partial charge in [-0.05, 0) is 55.0 Å². The zero-order valence-electron chi connectivity index (χ0n) is 17.2. The lowest BCUT2D eigenvalue weighted by atomic mass is 10.1. The van der Waals surface area contributed by atoms with Crippen molar-refractivity contribution >= 4 is 23.2 Å². The van der Waals surface area contributed by atoms with Gasteiger partial charge in [-0.25, -0.2) is 4.90 Å². The van der Waals surface area contributed by atoms with Crippen molar-refractivity contribution < 1.29 is 19.4 Å². The van der Waals surface area contributed by atoms with Gasteiger partial charge < -0.3 is 14.7 Å². The number of hydrogen-bond acceptors (Lipinski definition) is 6. The third-order valence-corrected chi connectivity index (χ3v) is 5.66. The van der Waals surface area contributed by atoms with Crippen molar-refractivity contribution in [2.75, 3.05) is 42.6 Å². The van der Waals surface area contributed by atoms with Crippen molar-refractivity contribution in [1.82, 2.24) is 4.90 Å². The first-order valence-electron chi connectivity index (χ1n) is 10.4. The van der Waals surface area contributed by atoms with E-state index in [4.69, 9.17) is 4.74 Å². The summed E-state index contributed by atoms with van der Waals surface area (Å²) in [7, 11) is 0. The van der Waals surface area contributed by atoms with E-state index in [0.717, 1.165) is 30.9 Å². The van der Waals surface area contributed by atoms with Crippen LogP contribution in [-0.4, -0.2) is 60.6 Å². The summed E-state index contributed by atoms with van der Waals surface area (Å²) in [6.45, 7) is 5.64. The molecule has 0 unspecified atom stereocenters. The minimum atomic E-state index is -0.407. The molecule has 2 aliphatic rings. The Balaban J connectivity index is 1.39. The van der Waals surface area contributed by atoms with E-state index in [2.05, 4.69) is 9.80 Å². The van der Waals surface area contributed by atoms with Gasteiger partial charge in [0.25, 0.3) is 5.91 Å². The first-order chi connectivity index (χ1) is 14.6. The minimum absolute atomic E-state index is 0.152. The molecule has 0 aromatic heterocycles. The molecule has 0 spiro atoms. The molecule has 158 valence electrons. The number of imide groups is 1. The van der Waals surface area contributed by atoms with Crippen LogP contribution in [0.5, 0.6) is 11.5 Å². The molecule has 0 saturated carbocycles. The normalized spacial score (nSPS) is 20.1. The summed E-state index contributed by atoms with van der Waals surface area (Å²) in [6.07, 6.45) is 1.14. The number of piperazine rings is 1. The maximum atomic E-state index is 13.1. The summed E-state index contributed by atoms with van der Waals surface area (Å²) in [5.41, 5.74) is 1.65. The standard InChI is InChI=1S/C23H27N3O4/c1-2-15-30-20-9-5-18(6-10-20)26-22(28)16-21(23(26)29)25-13-11-24(12-14-25)17-3-7-19(27)8-4-17/h3-10,21,27H,2,11-16H2,1H3/t21-/m0/s1. The lowest BCUT2D eigenvalue weighted by Crippen LogP contribution is -2.52. The molecule has 2 aromatic carbocycles. The number of phenolic OH excluding ortho intramolecular Hbond substituents is 1. The SMILES string of the molecule is CCCOc1ccc(N2C(=O)C[C@H](N3CCN(c4ccc(O)cc4)CC3)C2=O)cc1. The molecule has 0 radical (unpaired) electrons. The first-order valence-corrected chi connectivity index (χ1v) is 10.4. The Kier molecular flexibility index (Phi) is 5.90. The van der Waals surface area contributed by atoms with Crippen molar-refractivity contribution in [3.8, 4) is 11.5 Å². The van der Waals surface area contributed by atoms with Gasteiger partial charge in [0.15, 0.2) is 0 Å². The van der Waals surface area contributed by atoms with Crippen LogP contribution in [0.1, 0.15) is 19.8 Å². The number of ether oxygens (including phenoxy) is 1. The van der Waals surface area contributed by atoms with Crippen molar-refractivity contribution in [3.05, 3.63) is 48.5 Å². The van der Waals surface area contributed by atoms with E-state index in [1.165, 1.54) is 4.90 Å². The molecule has 1 N–H and O–H groups in total. The maximum absolute atomic E-state index is 13.1. The highest BCUT2D eigenvalue weighted by atomic mass is 16.5. The lowest BCUT2D eigenvalue weighted by Gasteiger charge is -2.38. The van der Waals surface area contributed by atoms with E-state index < -0.39 is 6.04 Å². The zero-order valence-corrected chi connectivity index (χ0v) is 17.2.